The summed E-state index contributed by atoms with van der Waals surface area (Å²) in [5, 5.41) is 3.58. The summed E-state index contributed by atoms with van der Waals surface area (Å²) in [6.07, 6.45) is 0. The molecule has 2 rings (SSSR count). The molecule has 0 saturated heterocycles. The van der Waals surface area contributed by atoms with Crippen LogP contribution in [0.2, 0.25) is 10.0 Å². The maximum absolute atomic E-state index is 12.2. The van der Waals surface area contributed by atoms with Crippen LogP contribution in [-0.4, -0.2) is 5.91 Å². The molecule has 0 bridgehead atoms. The Morgan fingerprint density at radius 2 is 1.75 bits per heavy atom. The van der Waals surface area contributed by atoms with Gasteiger partial charge in [-0.25, -0.2) is 0 Å². The van der Waals surface area contributed by atoms with Crippen molar-refractivity contribution < 1.29 is 4.79 Å². The first-order chi connectivity index (χ1) is 9.36. The van der Waals surface area contributed by atoms with Crippen LogP contribution in [-0.2, 0) is 0 Å². The lowest BCUT2D eigenvalue weighted by molar-refractivity contribution is 0.102. The number of hydrogen-bond acceptors (Lipinski definition) is 2. The standard InChI is InChI=1S/C14H11BrCl2N2O/c1-7-2-11(15)13(6-12(7)18)19-14(20)8-3-9(16)5-10(17)4-8/h2-6H,18H2,1H3,(H,19,20). The topological polar surface area (TPSA) is 55.1 Å². The number of hydrogen-bond donors (Lipinski definition) is 2. The average molecular weight is 374 g/mol. The van der Waals surface area contributed by atoms with Crippen molar-refractivity contribution in [3.8, 4) is 0 Å². The van der Waals surface area contributed by atoms with Gasteiger partial charge in [0, 0.05) is 25.8 Å². The molecule has 0 aromatic heterocycles. The van der Waals surface area contributed by atoms with E-state index in [9.17, 15) is 4.79 Å². The van der Waals surface area contributed by atoms with Crippen molar-refractivity contribution in [3.05, 3.63) is 56.0 Å². The van der Waals surface area contributed by atoms with E-state index in [2.05, 4.69) is 21.2 Å². The zero-order chi connectivity index (χ0) is 14.9. The molecule has 0 radical (unpaired) electrons. The summed E-state index contributed by atoms with van der Waals surface area (Å²) in [6.45, 7) is 1.89. The summed E-state index contributed by atoms with van der Waals surface area (Å²) < 4.78 is 0.755. The van der Waals surface area contributed by atoms with E-state index in [0.29, 0.717) is 27.0 Å². The first-order valence-corrected chi connectivity index (χ1v) is 7.25. The molecule has 0 heterocycles. The van der Waals surface area contributed by atoms with E-state index in [1.807, 2.05) is 13.0 Å². The first kappa shape index (κ1) is 15.2. The lowest BCUT2D eigenvalue weighted by Crippen LogP contribution is -2.12. The monoisotopic (exact) mass is 372 g/mol. The van der Waals surface area contributed by atoms with Crippen molar-refractivity contribution in [2.75, 3.05) is 11.1 Å². The molecule has 2 aromatic rings. The minimum Gasteiger partial charge on any atom is -0.398 e. The number of nitrogens with one attached hydrogen (secondary N) is 1. The summed E-state index contributed by atoms with van der Waals surface area (Å²) in [4.78, 5) is 12.2. The van der Waals surface area contributed by atoms with Gasteiger partial charge in [-0.2, -0.15) is 0 Å². The number of amides is 1. The Morgan fingerprint density at radius 1 is 1.15 bits per heavy atom. The van der Waals surface area contributed by atoms with Crippen molar-refractivity contribution in [2.45, 2.75) is 6.92 Å². The van der Waals surface area contributed by atoms with Crippen LogP contribution in [0.25, 0.3) is 0 Å². The number of carbonyl (C=O) groups excluding carboxylic acids is 1. The van der Waals surface area contributed by atoms with Gasteiger partial charge in [-0.05, 0) is 58.7 Å². The van der Waals surface area contributed by atoms with Gasteiger partial charge in [0.25, 0.3) is 5.91 Å². The van der Waals surface area contributed by atoms with Crippen LogP contribution in [0.15, 0.2) is 34.8 Å². The lowest BCUT2D eigenvalue weighted by Gasteiger charge is -2.10. The number of anilines is 2. The predicted molar refractivity (Wildman–Crippen MR) is 87.7 cm³/mol. The molecular formula is C14H11BrCl2N2O. The number of nitrogen functional groups attached to an aromatic ring is 1. The fraction of sp³-hybridized carbons (Fsp3) is 0.0714. The second kappa shape index (κ2) is 6.04. The van der Waals surface area contributed by atoms with Crippen LogP contribution in [0, 0.1) is 6.92 Å². The Labute approximate surface area is 135 Å². The summed E-state index contributed by atoms with van der Waals surface area (Å²) in [5.41, 5.74) is 8.35. The summed E-state index contributed by atoms with van der Waals surface area (Å²) >= 11 is 15.2. The average Bonchev–Trinajstić information content (AvgIpc) is 2.34. The van der Waals surface area contributed by atoms with E-state index >= 15 is 0 Å². The van der Waals surface area contributed by atoms with Crippen LogP contribution < -0.4 is 11.1 Å². The molecule has 1 amide bonds. The third kappa shape index (κ3) is 3.45. The SMILES string of the molecule is Cc1cc(Br)c(NC(=O)c2cc(Cl)cc(Cl)c2)cc1N. The zero-order valence-corrected chi connectivity index (χ0v) is 13.6. The van der Waals surface area contributed by atoms with E-state index in [1.165, 1.54) is 0 Å². The molecule has 2 aromatic carbocycles. The summed E-state index contributed by atoms with van der Waals surface area (Å²) in [6, 6.07) is 8.21. The Bertz CT molecular complexity index is 669. The molecule has 0 atom stereocenters. The summed E-state index contributed by atoms with van der Waals surface area (Å²) in [7, 11) is 0. The minimum atomic E-state index is -0.307. The number of rotatable bonds is 2. The third-order valence-corrected chi connectivity index (χ3v) is 3.82. The molecule has 0 aliphatic rings. The van der Waals surface area contributed by atoms with E-state index in [0.717, 1.165) is 10.0 Å². The normalized spacial score (nSPS) is 10.4. The number of benzene rings is 2. The number of halogens is 3. The van der Waals surface area contributed by atoms with Crippen LogP contribution >= 0.6 is 39.1 Å². The molecule has 0 fully saturated rings. The van der Waals surface area contributed by atoms with Crippen molar-refractivity contribution in [3.63, 3.8) is 0 Å². The fourth-order valence-corrected chi connectivity index (χ4v) is 2.75. The highest BCUT2D eigenvalue weighted by atomic mass is 79.9. The highest BCUT2D eigenvalue weighted by Crippen LogP contribution is 2.28. The second-order valence-corrected chi connectivity index (χ2v) is 6.03. The molecule has 0 unspecified atom stereocenters. The number of aryl methyl sites for hydroxylation is 1. The van der Waals surface area contributed by atoms with Gasteiger partial charge in [0.15, 0.2) is 0 Å². The van der Waals surface area contributed by atoms with Crippen LogP contribution in [0.1, 0.15) is 15.9 Å². The van der Waals surface area contributed by atoms with Gasteiger partial charge >= 0.3 is 0 Å². The largest absolute Gasteiger partial charge is 0.398 e. The fourth-order valence-electron chi connectivity index (χ4n) is 1.66. The molecule has 0 aliphatic heterocycles. The molecule has 0 spiro atoms. The lowest BCUT2D eigenvalue weighted by atomic mass is 10.1. The molecule has 6 heteroatoms. The highest BCUT2D eigenvalue weighted by Gasteiger charge is 2.11. The van der Waals surface area contributed by atoms with Gasteiger partial charge in [0.2, 0.25) is 0 Å². The van der Waals surface area contributed by atoms with E-state index < -0.39 is 0 Å². The molecular weight excluding hydrogens is 363 g/mol. The van der Waals surface area contributed by atoms with Crippen molar-refractivity contribution in [2.24, 2.45) is 0 Å². The van der Waals surface area contributed by atoms with E-state index in [1.54, 1.807) is 24.3 Å². The maximum Gasteiger partial charge on any atom is 0.255 e. The molecule has 104 valence electrons. The minimum absolute atomic E-state index is 0.307. The Hall–Kier alpha value is -1.23. The Kier molecular flexibility index (Phi) is 4.58. The number of nitrogens with two attached hydrogens (primary N) is 1. The molecule has 3 N–H and O–H groups in total. The molecule has 3 nitrogen and oxygen atoms in total. The van der Waals surface area contributed by atoms with Gasteiger partial charge in [-0.1, -0.05) is 23.2 Å². The number of carbonyl (C=O) groups is 1. The Balaban J connectivity index is 2.30. The first-order valence-electron chi connectivity index (χ1n) is 5.70. The zero-order valence-electron chi connectivity index (χ0n) is 10.5. The third-order valence-electron chi connectivity index (χ3n) is 2.73. The highest BCUT2D eigenvalue weighted by molar-refractivity contribution is 9.10. The molecule has 0 saturated carbocycles. The van der Waals surface area contributed by atoms with Crippen molar-refractivity contribution >= 4 is 56.4 Å². The maximum atomic E-state index is 12.2. The van der Waals surface area contributed by atoms with Crippen molar-refractivity contribution in [1.29, 1.82) is 0 Å². The van der Waals surface area contributed by atoms with Gasteiger partial charge in [-0.15, -0.1) is 0 Å². The van der Waals surface area contributed by atoms with Gasteiger partial charge in [0.05, 0.1) is 5.69 Å². The van der Waals surface area contributed by atoms with Crippen LogP contribution in [0.5, 0.6) is 0 Å². The van der Waals surface area contributed by atoms with Gasteiger partial charge in [-0.3, -0.25) is 4.79 Å². The predicted octanol–water partition coefficient (Wildman–Crippen LogP) is 4.90. The van der Waals surface area contributed by atoms with Crippen LogP contribution in [0.3, 0.4) is 0 Å². The smallest absolute Gasteiger partial charge is 0.255 e. The van der Waals surface area contributed by atoms with Gasteiger partial charge < -0.3 is 11.1 Å². The summed E-state index contributed by atoms with van der Waals surface area (Å²) in [5.74, 6) is -0.307. The second-order valence-electron chi connectivity index (χ2n) is 4.30. The van der Waals surface area contributed by atoms with Crippen LogP contribution in [0.4, 0.5) is 11.4 Å². The Morgan fingerprint density at radius 3 is 2.35 bits per heavy atom. The molecule has 20 heavy (non-hydrogen) atoms. The van der Waals surface area contributed by atoms with E-state index in [-0.39, 0.29) is 5.91 Å². The van der Waals surface area contributed by atoms with E-state index in [4.69, 9.17) is 28.9 Å². The molecule has 0 aliphatic carbocycles. The van der Waals surface area contributed by atoms with Gasteiger partial charge in [0.1, 0.15) is 0 Å². The quantitative estimate of drug-likeness (QED) is 0.735. The van der Waals surface area contributed by atoms with Crippen molar-refractivity contribution in [1.82, 2.24) is 0 Å².